The van der Waals surface area contributed by atoms with Gasteiger partial charge in [-0.3, -0.25) is 9.59 Å². The van der Waals surface area contributed by atoms with Crippen LogP contribution in [0.25, 0.3) is 21.5 Å². The number of benzene rings is 3. The Morgan fingerprint density at radius 2 is 1.89 bits per heavy atom. The maximum atomic E-state index is 11.7. The number of thioether (sulfide) groups is 1. The third-order valence-electron chi connectivity index (χ3n) is 4.28. The number of amidine groups is 1. The van der Waals surface area contributed by atoms with E-state index in [1.165, 1.54) is 0 Å². The molecule has 0 spiro atoms. The molecule has 3 aromatic carbocycles. The molecule has 1 heterocycles. The summed E-state index contributed by atoms with van der Waals surface area (Å²) < 4.78 is 0. The minimum absolute atomic E-state index is 0.242. The largest absolute Gasteiger partial charge is 0.481 e. The van der Waals surface area contributed by atoms with Gasteiger partial charge in [0.05, 0.1) is 12.6 Å². The molecule has 0 bridgehead atoms. The van der Waals surface area contributed by atoms with Gasteiger partial charge in [0.2, 0.25) is 5.91 Å². The van der Waals surface area contributed by atoms with Crippen LogP contribution in [0.1, 0.15) is 12.0 Å². The molecule has 7 heteroatoms. The van der Waals surface area contributed by atoms with Crippen molar-refractivity contribution in [1.29, 1.82) is 0 Å². The van der Waals surface area contributed by atoms with Gasteiger partial charge >= 0.3 is 5.97 Å². The molecule has 4 rings (SSSR count). The topological polar surface area (TPSA) is 91.1 Å². The minimum atomic E-state index is -1.02. The Kier molecular flexibility index (Phi) is 4.60. The Balaban J connectivity index is 1.65. The van der Waals surface area contributed by atoms with Gasteiger partial charge in [0.1, 0.15) is 5.25 Å². The Morgan fingerprint density at radius 3 is 2.74 bits per heavy atom. The number of amides is 1. The van der Waals surface area contributed by atoms with Gasteiger partial charge in [-0.25, -0.2) is 0 Å². The average Bonchev–Trinajstić information content (AvgIpc) is 3.00. The number of carbonyl (C=O) groups excluding carboxylic acids is 1. The normalized spacial score (nSPS) is 18.6. The number of hydrogen-bond acceptors (Lipinski definition) is 5. The van der Waals surface area contributed by atoms with Crippen LogP contribution >= 0.6 is 11.8 Å². The summed E-state index contributed by atoms with van der Waals surface area (Å²) in [5, 5.41) is 23.7. The van der Waals surface area contributed by atoms with E-state index in [0.29, 0.717) is 5.17 Å². The predicted molar refractivity (Wildman–Crippen MR) is 108 cm³/mol. The first-order valence-electron chi connectivity index (χ1n) is 8.32. The molecule has 0 aromatic heterocycles. The van der Waals surface area contributed by atoms with Gasteiger partial charge in [0.15, 0.2) is 5.17 Å². The Labute approximate surface area is 159 Å². The van der Waals surface area contributed by atoms with E-state index in [0.717, 1.165) is 38.9 Å². The number of nitrogens with one attached hydrogen (secondary N) is 1. The zero-order valence-corrected chi connectivity index (χ0v) is 14.9. The summed E-state index contributed by atoms with van der Waals surface area (Å²) in [6.45, 7) is 0. The van der Waals surface area contributed by atoms with Gasteiger partial charge in [-0.1, -0.05) is 66.4 Å². The molecule has 1 saturated heterocycles. The summed E-state index contributed by atoms with van der Waals surface area (Å²) in [6, 6.07) is 18.3. The zero-order valence-electron chi connectivity index (χ0n) is 14.1. The number of carboxylic acids is 1. The quantitative estimate of drug-likeness (QED) is 0.414. The summed E-state index contributed by atoms with van der Waals surface area (Å²) in [5.74, 6) is -1.37. The first-order chi connectivity index (χ1) is 13.1. The van der Waals surface area contributed by atoms with Gasteiger partial charge in [0.25, 0.3) is 0 Å². The van der Waals surface area contributed by atoms with Crippen LogP contribution in [-0.4, -0.2) is 33.6 Å². The van der Waals surface area contributed by atoms with Crippen molar-refractivity contribution in [2.45, 2.75) is 11.7 Å². The molecule has 2 N–H and O–H groups in total. The van der Waals surface area contributed by atoms with Crippen LogP contribution in [0, 0.1) is 0 Å². The number of rotatable bonds is 4. The van der Waals surface area contributed by atoms with E-state index in [1.807, 2.05) is 24.3 Å². The molecular weight excluding hydrogens is 362 g/mol. The fraction of sp³-hybridized carbons (Fsp3) is 0.100. The van der Waals surface area contributed by atoms with Crippen molar-refractivity contribution in [3.63, 3.8) is 0 Å². The summed E-state index contributed by atoms with van der Waals surface area (Å²) in [7, 11) is 0. The van der Waals surface area contributed by atoms with Gasteiger partial charge < -0.3 is 10.4 Å². The van der Waals surface area contributed by atoms with E-state index >= 15 is 0 Å². The standard InChI is InChI=1S/C20H15N3O3S/c24-17(25)10-16-19(26)22-20(27-16)23-21-11-14-6-3-5-13-9-8-12-4-1-2-7-15(12)18(13)14/h1-9,11,16H,10H2,(H,24,25)(H,22,23,26). The summed E-state index contributed by atoms with van der Waals surface area (Å²) >= 11 is 1.08. The van der Waals surface area contributed by atoms with Crippen LogP contribution in [0.5, 0.6) is 0 Å². The van der Waals surface area contributed by atoms with Crippen molar-refractivity contribution < 1.29 is 14.7 Å². The molecule has 1 fully saturated rings. The number of nitrogens with zero attached hydrogens (tertiary/aromatic N) is 2. The highest BCUT2D eigenvalue weighted by atomic mass is 32.2. The average molecular weight is 377 g/mol. The third kappa shape index (κ3) is 3.54. The lowest BCUT2D eigenvalue weighted by atomic mass is 9.98. The maximum Gasteiger partial charge on any atom is 0.305 e. The second kappa shape index (κ2) is 7.20. The number of fused-ring (bicyclic) bond motifs is 3. The van der Waals surface area contributed by atoms with E-state index < -0.39 is 11.2 Å². The van der Waals surface area contributed by atoms with E-state index in [-0.39, 0.29) is 12.3 Å². The molecule has 0 radical (unpaired) electrons. The minimum Gasteiger partial charge on any atom is -0.481 e. The van der Waals surface area contributed by atoms with Gasteiger partial charge in [-0.2, -0.15) is 5.10 Å². The highest BCUT2D eigenvalue weighted by molar-refractivity contribution is 8.15. The molecule has 1 aliphatic heterocycles. The van der Waals surface area contributed by atoms with Crippen LogP contribution in [0.15, 0.2) is 64.8 Å². The van der Waals surface area contributed by atoms with Crippen molar-refractivity contribution in [2.24, 2.45) is 10.2 Å². The summed E-state index contributed by atoms with van der Waals surface area (Å²) in [4.78, 5) is 22.5. The van der Waals surface area contributed by atoms with Crippen molar-refractivity contribution >= 4 is 56.6 Å². The lowest BCUT2D eigenvalue weighted by Crippen LogP contribution is -2.26. The van der Waals surface area contributed by atoms with Gasteiger partial charge in [-0.05, 0) is 21.5 Å². The van der Waals surface area contributed by atoms with Crippen molar-refractivity contribution in [2.75, 3.05) is 0 Å². The Bertz CT molecular complexity index is 1120. The van der Waals surface area contributed by atoms with Crippen LogP contribution in [0.4, 0.5) is 0 Å². The van der Waals surface area contributed by atoms with E-state index in [2.05, 4.69) is 45.9 Å². The SMILES string of the molecule is O=C(O)CC1SC(=NN=Cc2cccc3ccc4ccccc4c23)NC1=O. The zero-order chi connectivity index (χ0) is 18.8. The number of carboxylic acid groups (broad SMARTS) is 1. The lowest BCUT2D eigenvalue weighted by Gasteiger charge is -2.06. The van der Waals surface area contributed by atoms with Gasteiger partial charge in [0, 0.05) is 5.56 Å². The van der Waals surface area contributed by atoms with Crippen LogP contribution in [-0.2, 0) is 9.59 Å². The van der Waals surface area contributed by atoms with Crippen LogP contribution in [0.3, 0.4) is 0 Å². The number of aliphatic carboxylic acids is 1. The molecule has 1 unspecified atom stereocenters. The summed E-state index contributed by atoms with van der Waals surface area (Å²) in [6.07, 6.45) is 1.41. The maximum absolute atomic E-state index is 11.7. The molecule has 1 aliphatic rings. The second-order valence-corrected chi connectivity index (χ2v) is 7.27. The first kappa shape index (κ1) is 17.2. The van der Waals surface area contributed by atoms with E-state index in [1.54, 1.807) is 6.21 Å². The fourth-order valence-electron chi connectivity index (χ4n) is 3.08. The monoisotopic (exact) mass is 377 g/mol. The molecule has 134 valence electrons. The van der Waals surface area contributed by atoms with Crippen LogP contribution in [0.2, 0.25) is 0 Å². The molecule has 27 heavy (non-hydrogen) atoms. The highest BCUT2D eigenvalue weighted by Crippen LogP contribution is 2.27. The molecule has 0 saturated carbocycles. The van der Waals surface area contributed by atoms with Gasteiger partial charge in [-0.15, -0.1) is 5.10 Å². The lowest BCUT2D eigenvalue weighted by molar-refractivity contribution is -0.138. The number of hydrogen-bond donors (Lipinski definition) is 2. The van der Waals surface area contributed by atoms with E-state index in [9.17, 15) is 9.59 Å². The predicted octanol–water partition coefficient (Wildman–Crippen LogP) is 3.39. The Morgan fingerprint density at radius 1 is 1.11 bits per heavy atom. The Hall–Kier alpha value is -3.19. The summed E-state index contributed by atoms with van der Waals surface area (Å²) in [5.41, 5.74) is 0.921. The fourth-order valence-corrected chi connectivity index (χ4v) is 4.00. The van der Waals surface area contributed by atoms with Crippen molar-refractivity contribution in [3.8, 4) is 0 Å². The third-order valence-corrected chi connectivity index (χ3v) is 5.36. The molecule has 3 aromatic rings. The van der Waals surface area contributed by atoms with Crippen molar-refractivity contribution in [3.05, 3.63) is 60.2 Å². The molecule has 1 amide bonds. The number of carbonyl (C=O) groups is 2. The van der Waals surface area contributed by atoms with Crippen LogP contribution < -0.4 is 5.32 Å². The second-order valence-electron chi connectivity index (χ2n) is 6.08. The van der Waals surface area contributed by atoms with E-state index in [4.69, 9.17) is 5.11 Å². The highest BCUT2D eigenvalue weighted by Gasteiger charge is 2.32. The molecule has 6 nitrogen and oxygen atoms in total. The van der Waals surface area contributed by atoms with Crippen molar-refractivity contribution in [1.82, 2.24) is 5.32 Å². The smallest absolute Gasteiger partial charge is 0.305 e. The first-order valence-corrected chi connectivity index (χ1v) is 9.20. The molecule has 0 aliphatic carbocycles. The molecule has 1 atom stereocenters. The molecular formula is C20H15N3O3S.